The van der Waals surface area contributed by atoms with E-state index in [4.69, 9.17) is 23.2 Å². The van der Waals surface area contributed by atoms with Crippen LogP contribution in [0.2, 0.25) is 10.0 Å². The van der Waals surface area contributed by atoms with Crippen LogP contribution in [0.15, 0.2) is 91.0 Å². The van der Waals surface area contributed by atoms with Crippen molar-refractivity contribution in [3.63, 3.8) is 0 Å². The summed E-state index contributed by atoms with van der Waals surface area (Å²) < 4.78 is 0. The van der Waals surface area contributed by atoms with Gasteiger partial charge >= 0.3 is 5.97 Å². The number of carboxylic acids is 1. The number of aliphatic hydroxyl groups is 2. The van der Waals surface area contributed by atoms with Gasteiger partial charge in [0.05, 0.1) is 21.7 Å². The Balaban J connectivity index is 1.40. The number of aliphatic carboxylic acids is 1. The van der Waals surface area contributed by atoms with Gasteiger partial charge in [-0.25, -0.2) is 0 Å². The van der Waals surface area contributed by atoms with Gasteiger partial charge in [0.2, 0.25) is 0 Å². The van der Waals surface area contributed by atoms with Crippen LogP contribution < -0.4 is 10.2 Å². The molecule has 37 heavy (non-hydrogen) atoms. The number of hydrogen-bond acceptors (Lipinski definition) is 5. The highest BCUT2D eigenvalue weighted by molar-refractivity contribution is 6.39. The summed E-state index contributed by atoms with van der Waals surface area (Å²) in [5.41, 5.74) is 4.44. The van der Waals surface area contributed by atoms with Gasteiger partial charge < -0.3 is 25.5 Å². The number of carboxylic acid groups (broad SMARTS) is 1. The first-order valence-electron chi connectivity index (χ1n) is 11.7. The molecular formula is C29H24Cl2N2O4. The lowest BCUT2D eigenvalue weighted by Crippen LogP contribution is -2.25. The fraction of sp³-hybridized carbons (Fsp3) is 0.138. The van der Waals surface area contributed by atoms with Crippen LogP contribution in [-0.4, -0.2) is 21.3 Å². The summed E-state index contributed by atoms with van der Waals surface area (Å²) in [6, 6.07) is 26.7. The standard InChI is InChI=1S/C29H24Cl2N2O4/c30-23-9-5-10-24(31)26(23)32-25-11-4-3-6-19(25)22(29(36)37)16-17-12-14-18(15-13-17)33-27(34)20-7-1-2-8-21(20)28(33)35/h1-15,22,27-28,32,34-35H,16H2,(H,36,37). The van der Waals surface area contributed by atoms with E-state index in [0.717, 1.165) is 5.56 Å². The number of aliphatic hydroxyl groups excluding tert-OH is 2. The van der Waals surface area contributed by atoms with Crippen molar-refractivity contribution in [3.8, 4) is 0 Å². The summed E-state index contributed by atoms with van der Waals surface area (Å²) >= 11 is 12.6. The molecule has 0 radical (unpaired) electrons. The van der Waals surface area contributed by atoms with Gasteiger partial charge in [-0.05, 0) is 47.9 Å². The number of rotatable bonds is 7. The Hall–Kier alpha value is -3.55. The van der Waals surface area contributed by atoms with E-state index in [9.17, 15) is 20.1 Å². The average molecular weight is 535 g/mol. The Labute approximate surface area is 224 Å². The summed E-state index contributed by atoms with van der Waals surface area (Å²) in [6.07, 6.45) is -1.72. The second-order valence-corrected chi connectivity index (χ2v) is 9.67. The summed E-state index contributed by atoms with van der Waals surface area (Å²) in [6.45, 7) is 0. The third-order valence-corrected chi connectivity index (χ3v) is 7.24. The minimum atomic E-state index is -0.974. The predicted octanol–water partition coefficient (Wildman–Crippen LogP) is 6.65. The van der Waals surface area contributed by atoms with Crippen LogP contribution in [0.3, 0.4) is 0 Å². The van der Waals surface area contributed by atoms with Gasteiger partial charge in [0.25, 0.3) is 0 Å². The van der Waals surface area contributed by atoms with Crippen molar-refractivity contribution in [2.75, 3.05) is 10.2 Å². The first kappa shape index (κ1) is 25.1. The van der Waals surface area contributed by atoms with Crippen molar-refractivity contribution >= 4 is 46.2 Å². The monoisotopic (exact) mass is 534 g/mol. The first-order valence-corrected chi connectivity index (χ1v) is 12.5. The van der Waals surface area contributed by atoms with Gasteiger partial charge in [-0.2, -0.15) is 0 Å². The zero-order valence-electron chi connectivity index (χ0n) is 19.6. The minimum absolute atomic E-state index is 0.232. The maximum atomic E-state index is 12.4. The molecule has 6 nitrogen and oxygen atoms in total. The average Bonchev–Trinajstić information content (AvgIpc) is 3.15. The Bertz CT molecular complexity index is 1400. The Morgan fingerprint density at radius 3 is 1.97 bits per heavy atom. The zero-order chi connectivity index (χ0) is 26.1. The van der Waals surface area contributed by atoms with E-state index < -0.39 is 24.3 Å². The number of nitrogens with one attached hydrogen (secondary N) is 1. The van der Waals surface area contributed by atoms with Crippen LogP contribution in [0.5, 0.6) is 0 Å². The number of nitrogens with zero attached hydrogens (tertiary/aromatic N) is 1. The maximum Gasteiger partial charge on any atom is 0.311 e. The van der Waals surface area contributed by atoms with Gasteiger partial charge in [-0.15, -0.1) is 0 Å². The molecule has 0 aliphatic carbocycles. The molecule has 0 saturated carbocycles. The number of para-hydroxylation sites is 2. The lowest BCUT2D eigenvalue weighted by Gasteiger charge is -2.27. The van der Waals surface area contributed by atoms with Crippen molar-refractivity contribution in [3.05, 3.63) is 123 Å². The second kappa shape index (κ2) is 10.4. The summed E-state index contributed by atoms with van der Waals surface area (Å²) in [4.78, 5) is 13.9. The van der Waals surface area contributed by atoms with Crippen molar-refractivity contribution < 1.29 is 20.1 Å². The molecule has 0 amide bonds. The van der Waals surface area contributed by atoms with Gasteiger partial charge in [-0.1, -0.05) is 83.9 Å². The third-order valence-electron chi connectivity index (χ3n) is 6.61. The van der Waals surface area contributed by atoms with Crippen molar-refractivity contribution in [2.45, 2.75) is 24.8 Å². The highest BCUT2D eigenvalue weighted by atomic mass is 35.5. The molecule has 8 heteroatoms. The largest absolute Gasteiger partial charge is 0.481 e. The van der Waals surface area contributed by atoms with Crippen LogP contribution >= 0.6 is 23.2 Å². The Morgan fingerprint density at radius 2 is 1.38 bits per heavy atom. The van der Waals surface area contributed by atoms with Gasteiger partial charge in [0, 0.05) is 22.5 Å². The zero-order valence-corrected chi connectivity index (χ0v) is 21.1. The van der Waals surface area contributed by atoms with E-state index in [1.54, 1.807) is 60.7 Å². The lowest BCUT2D eigenvalue weighted by molar-refractivity contribution is -0.138. The maximum absolute atomic E-state index is 12.4. The summed E-state index contributed by atoms with van der Waals surface area (Å²) in [5, 5.41) is 35.7. The van der Waals surface area contributed by atoms with Crippen LogP contribution in [0, 0.1) is 0 Å². The quantitative estimate of drug-likeness (QED) is 0.212. The van der Waals surface area contributed by atoms with Crippen LogP contribution in [0.1, 0.15) is 40.6 Å². The van der Waals surface area contributed by atoms with Crippen molar-refractivity contribution in [1.29, 1.82) is 0 Å². The molecule has 0 aromatic heterocycles. The number of carbonyl (C=O) groups is 1. The molecule has 1 aliphatic rings. The second-order valence-electron chi connectivity index (χ2n) is 8.85. The number of halogens is 2. The van der Waals surface area contributed by atoms with Gasteiger partial charge in [0.15, 0.2) is 12.5 Å². The normalized spacial score (nSPS) is 17.4. The molecule has 4 aromatic rings. The van der Waals surface area contributed by atoms with E-state index in [-0.39, 0.29) is 6.42 Å². The number of hydrogen-bond donors (Lipinski definition) is 4. The van der Waals surface area contributed by atoms with Gasteiger partial charge in [0.1, 0.15) is 0 Å². The third kappa shape index (κ3) is 4.89. The number of anilines is 3. The summed E-state index contributed by atoms with van der Waals surface area (Å²) in [5.74, 6) is -1.81. The van der Waals surface area contributed by atoms with Crippen LogP contribution in [0.25, 0.3) is 0 Å². The number of fused-ring (bicyclic) bond motifs is 1. The number of benzene rings is 4. The molecule has 4 aromatic carbocycles. The Kier molecular flexibility index (Phi) is 7.09. The van der Waals surface area contributed by atoms with Crippen LogP contribution in [0.4, 0.5) is 17.1 Å². The smallest absolute Gasteiger partial charge is 0.311 e. The molecule has 1 heterocycles. The molecule has 4 N–H and O–H groups in total. The molecule has 0 spiro atoms. The highest BCUT2D eigenvalue weighted by Gasteiger charge is 2.36. The molecule has 3 atom stereocenters. The molecule has 188 valence electrons. The van der Waals surface area contributed by atoms with E-state index in [1.165, 1.54) is 4.90 Å². The molecule has 3 unspecified atom stereocenters. The molecule has 5 rings (SSSR count). The Morgan fingerprint density at radius 1 is 0.811 bits per heavy atom. The van der Waals surface area contributed by atoms with E-state index in [2.05, 4.69) is 5.32 Å². The van der Waals surface area contributed by atoms with Crippen LogP contribution in [-0.2, 0) is 11.2 Å². The molecule has 0 fully saturated rings. The first-order chi connectivity index (χ1) is 17.8. The molecule has 1 aliphatic heterocycles. The van der Waals surface area contributed by atoms with E-state index in [1.807, 2.05) is 30.3 Å². The highest BCUT2D eigenvalue weighted by Crippen LogP contribution is 2.42. The lowest BCUT2D eigenvalue weighted by atomic mass is 9.90. The van der Waals surface area contributed by atoms with E-state index in [0.29, 0.717) is 43.8 Å². The van der Waals surface area contributed by atoms with E-state index >= 15 is 0 Å². The van der Waals surface area contributed by atoms with Gasteiger partial charge in [-0.3, -0.25) is 4.79 Å². The fourth-order valence-corrected chi connectivity index (χ4v) is 5.23. The molecule has 0 saturated heterocycles. The van der Waals surface area contributed by atoms with Crippen molar-refractivity contribution in [1.82, 2.24) is 0 Å². The SMILES string of the molecule is O=C(O)C(Cc1ccc(N2C(O)c3ccccc3C2O)cc1)c1ccccc1Nc1c(Cl)cccc1Cl. The molecular weight excluding hydrogens is 511 g/mol. The molecule has 0 bridgehead atoms. The summed E-state index contributed by atoms with van der Waals surface area (Å²) in [7, 11) is 0. The minimum Gasteiger partial charge on any atom is -0.481 e. The fourth-order valence-electron chi connectivity index (χ4n) is 4.73. The topological polar surface area (TPSA) is 93.0 Å². The predicted molar refractivity (Wildman–Crippen MR) is 146 cm³/mol. The van der Waals surface area contributed by atoms with Crippen molar-refractivity contribution in [2.24, 2.45) is 0 Å².